The number of carbonyl (C=O) groups excluding carboxylic acids is 1. The van der Waals surface area contributed by atoms with Gasteiger partial charge in [-0.05, 0) is 38.0 Å². The van der Waals surface area contributed by atoms with Crippen molar-refractivity contribution in [3.8, 4) is 0 Å². The first kappa shape index (κ1) is 17.8. The van der Waals surface area contributed by atoms with Crippen LogP contribution in [0, 0.1) is 0 Å². The molecule has 0 saturated carbocycles. The van der Waals surface area contributed by atoms with Crippen LogP contribution in [0.15, 0.2) is 59.5 Å². The Morgan fingerprint density at radius 3 is 2.48 bits per heavy atom. The van der Waals surface area contributed by atoms with Crippen LogP contribution in [0.2, 0.25) is 0 Å². The molecule has 6 heteroatoms. The van der Waals surface area contributed by atoms with Gasteiger partial charge in [0, 0.05) is 42.8 Å². The minimum atomic E-state index is -0.0676. The molecule has 0 atom stereocenters. The highest BCUT2D eigenvalue weighted by Crippen LogP contribution is 2.28. The van der Waals surface area contributed by atoms with Gasteiger partial charge < -0.3 is 14.5 Å². The largest absolute Gasteiger partial charge is 0.347 e. The molecular formula is C23H24N4O2. The van der Waals surface area contributed by atoms with Crippen LogP contribution < -0.4 is 5.69 Å². The van der Waals surface area contributed by atoms with Gasteiger partial charge in [0.15, 0.2) is 0 Å². The Kier molecular flexibility index (Phi) is 4.27. The third kappa shape index (κ3) is 2.87. The number of aryl methyl sites for hydroxylation is 1. The van der Waals surface area contributed by atoms with Crippen LogP contribution in [0.5, 0.6) is 0 Å². The molecule has 0 radical (unpaired) electrons. The van der Waals surface area contributed by atoms with Crippen LogP contribution in [-0.2, 0) is 6.54 Å². The normalized spacial score (nSPS) is 15.4. The number of carbonyl (C=O) groups is 1. The minimum Gasteiger partial charge on any atom is -0.347 e. The first-order chi connectivity index (χ1) is 14.2. The number of rotatable bonds is 3. The van der Waals surface area contributed by atoms with Crippen LogP contribution >= 0.6 is 0 Å². The van der Waals surface area contributed by atoms with Crippen molar-refractivity contribution < 1.29 is 4.79 Å². The average molecular weight is 388 g/mol. The lowest BCUT2D eigenvalue weighted by Gasteiger charge is -2.32. The number of para-hydroxylation sites is 3. The molecule has 2 aromatic carbocycles. The summed E-state index contributed by atoms with van der Waals surface area (Å²) in [5.74, 6) is 0.0816. The first-order valence-electron chi connectivity index (χ1n) is 10.2. The highest BCUT2D eigenvalue weighted by atomic mass is 16.2. The van der Waals surface area contributed by atoms with E-state index in [-0.39, 0.29) is 17.6 Å². The topological polar surface area (TPSA) is 63.0 Å². The number of piperidine rings is 1. The highest BCUT2D eigenvalue weighted by molar-refractivity contribution is 6.07. The molecule has 1 N–H and O–H groups in total. The van der Waals surface area contributed by atoms with Gasteiger partial charge >= 0.3 is 5.69 Å². The van der Waals surface area contributed by atoms with Crippen LogP contribution in [0.1, 0.15) is 36.2 Å². The number of H-pyrrole nitrogens is 1. The van der Waals surface area contributed by atoms with Crippen LogP contribution in [0.3, 0.4) is 0 Å². The van der Waals surface area contributed by atoms with E-state index in [4.69, 9.17) is 0 Å². The number of amides is 1. The summed E-state index contributed by atoms with van der Waals surface area (Å²) in [6.07, 6.45) is 3.53. The Labute approximate surface area is 168 Å². The first-order valence-corrected chi connectivity index (χ1v) is 10.2. The van der Waals surface area contributed by atoms with Crippen LogP contribution in [0.25, 0.3) is 21.9 Å². The maximum Gasteiger partial charge on any atom is 0.326 e. The lowest BCUT2D eigenvalue weighted by molar-refractivity contribution is 0.0697. The van der Waals surface area contributed by atoms with Crippen LogP contribution in [0.4, 0.5) is 0 Å². The summed E-state index contributed by atoms with van der Waals surface area (Å²) in [4.78, 5) is 30.6. The van der Waals surface area contributed by atoms with Gasteiger partial charge in [-0.2, -0.15) is 0 Å². The lowest BCUT2D eigenvalue weighted by Crippen LogP contribution is -2.40. The molecule has 2 aromatic heterocycles. The Hall–Kier alpha value is -3.28. The van der Waals surface area contributed by atoms with E-state index >= 15 is 0 Å². The molecule has 1 aliphatic rings. The Bertz CT molecular complexity index is 1250. The Balaban J connectivity index is 1.39. The average Bonchev–Trinajstić information content (AvgIpc) is 3.30. The predicted molar refractivity (Wildman–Crippen MR) is 114 cm³/mol. The second-order valence-corrected chi connectivity index (χ2v) is 7.69. The van der Waals surface area contributed by atoms with Crippen molar-refractivity contribution in [3.05, 3.63) is 70.8 Å². The van der Waals surface area contributed by atoms with Crippen molar-refractivity contribution in [3.63, 3.8) is 0 Å². The van der Waals surface area contributed by atoms with E-state index in [0.29, 0.717) is 13.1 Å². The summed E-state index contributed by atoms with van der Waals surface area (Å²) in [6, 6.07) is 16.0. The SMILES string of the molecule is CCn1cc(C(=O)N2CCC(n3c(=O)[nH]c4ccccc43)CC2)c2ccccc21. The number of nitrogens with zero attached hydrogens (tertiary/aromatic N) is 3. The fraction of sp³-hybridized carbons (Fsp3) is 0.304. The molecule has 0 spiro atoms. The van der Waals surface area contributed by atoms with Gasteiger partial charge in [0.2, 0.25) is 0 Å². The van der Waals surface area contributed by atoms with Gasteiger partial charge in [0.25, 0.3) is 5.91 Å². The molecule has 3 heterocycles. The lowest BCUT2D eigenvalue weighted by atomic mass is 10.0. The zero-order valence-electron chi connectivity index (χ0n) is 16.5. The van der Waals surface area contributed by atoms with E-state index in [1.54, 1.807) is 0 Å². The number of fused-ring (bicyclic) bond motifs is 2. The molecule has 0 aliphatic carbocycles. The number of aromatic nitrogens is 3. The van der Waals surface area contributed by atoms with Gasteiger partial charge in [0.1, 0.15) is 0 Å². The number of likely N-dealkylation sites (tertiary alicyclic amines) is 1. The predicted octanol–water partition coefficient (Wildman–Crippen LogP) is 3.78. The minimum absolute atomic E-state index is 0.0676. The molecule has 1 fully saturated rings. The van der Waals surface area contributed by atoms with Crippen molar-refractivity contribution in [2.45, 2.75) is 32.4 Å². The molecule has 1 saturated heterocycles. The van der Waals surface area contributed by atoms with E-state index < -0.39 is 0 Å². The van der Waals surface area contributed by atoms with Gasteiger partial charge in [-0.3, -0.25) is 9.36 Å². The van der Waals surface area contributed by atoms with Gasteiger partial charge in [0.05, 0.1) is 16.6 Å². The summed E-state index contributed by atoms with van der Waals surface area (Å²) in [5.41, 5.74) is 3.60. The maximum absolute atomic E-state index is 13.3. The third-order valence-electron chi connectivity index (χ3n) is 6.10. The smallest absolute Gasteiger partial charge is 0.326 e. The molecule has 0 unspecified atom stereocenters. The molecule has 1 aliphatic heterocycles. The third-order valence-corrected chi connectivity index (χ3v) is 6.10. The van der Waals surface area contributed by atoms with Gasteiger partial charge in [-0.15, -0.1) is 0 Å². The monoisotopic (exact) mass is 388 g/mol. The molecule has 148 valence electrons. The van der Waals surface area contributed by atoms with E-state index in [0.717, 1.165) is 46.9 Å². The van der Waals surface area contributed by atoms with Crippen molar-refractivity contribution in [1.29, 1.82) is 0 Å². The Morgan fingerprint density at radius 2 is 1.72 bits per heavy atom. The van der Waals surface area contributed by atoms with Crippen molar-refractivity contribution in [2.75, 3.05) is 13.1 Å². The van der Waals surface area contributed by atoms with Gasteiger partial charge in [-0.1, -0.05) is 30.3 Å². The number of nitrogens with one attached hydrogen (secondary N) is 1. The summed E-state index contributed by atoms with van der Waals surface area (Å²) < 4.78 is 3.99. The van der Waals surface area contributed by atoms with Crippen molar-refractivity contribution >= 4 is 27.8 Å². The van der Waals surface area contributed by atoms with Crippen molar-refractivity contribution in [1.82, 2.24) is 19.0 Å². The summed E-state index contributed by atoms with van der Waals surface area (Å²) in [7, 11) is 0. The summed E-state index contributed by atoms with van der Waals surface area (Å²) >= 11 is 0. The number of aromatic amines is 1. The van der Waals surface area contributed by atoms with Gasteiger partial charge in [-0.25, -0.2) is 4.79 Å². The second-order valence-electron chi connectivity index (χ2n) is 7.69. The molecular weight excluding hydrogens is 364 g/mol. The van der Waals surface area contributed by atoms with Crippen molar-refractivity contribution in [2.24, 2.45) is 0 Å². The number of hydrogen-bond donors (Lipinski definition) is 1. The number of hydrogen-bond acceptors (Lipinski definition) is 2. The van der Waals surface area contributed by atoms with E-state index in [2.05, 4.69) is 22.5 Å². The maximum atomic E-state index is 13.3. The quantitative estimate of drug-likeness (QED) is 0.581. The number of imidazole rings is 1. The van der Waals surface area contributed by atoms with E-state index in [9.17, 15) is 9.59 Å². The zero-order chi connectivity index (χ0) is 20.0. The number of benzene rings is 2. The highest BCUT2D eigenvalue weighted by Gasteiger charge is 2.28. The standard InChI is InChI=1S/C23H24N4O2/c1-2-25-15-18(17-7-3-5-9-20(17)25)22(28)26-13-11-16(12-14-26)27-21-10-6-4-8-19(21)24-23(27)29/h3-10,15-16H,2,11-14H2,1H3,(H,24,29). The zero-order valence-corrected chi connectivity index (χ0v) is 16.5. The van der Waals surface area contributed by atoms with E-state index in [1.807, 2.05) is 58.1 Å². The van der Waals surface area contributed by atoms with Crippen LogP contribution in [-0.4, -0.2) is 38.0 Å². The molecule has 0 bridgehead atoms. The summed E-state index contributed by atoms with van der Waals surface area (Å²) in [5, 5.41) is 1.01. The molecule has 1 amide bonds. The molecule has 4 aromatic rings. The molecule has 6 nitrogen and oxygen atoms in total. The molecule has 29 heavy (non-hydrogen) atoms. The second kappa shape index (κ2) is 6.95. The Morgan fingerprint density at radius 1 is 1.03 bits per heavy atom. The summed E-state index contributed by atoms with van der Waals surface area (Å²) in [6.45, 7) is 4.23. The fourth-order valence-electron chi connectivity index (χ4n) is 4.61. The fourth-order valence-corrected chi connectivity index (χ4v) is 4.61. The van der Waals surface area contributed by atoms with E-state index in [1.165, 1.54) is 0 Å². The molecule has 5 rings (SSSR count).